The first-order valence-corrected chi connectivity index (χ1v) is 4.37. The maximum Gasteiger partial charge on any atom is 0.116 e. The quantitative estimate of drug-likeness (QED) is 0.705. The molecule has 0 fully saturated rings. The molecule has 0 atom stereocenters. The molecular weight excluding hydrogens is 186 g/mol. The molecule has 0 bridgehead atoms. The SMILES string of the molecule is CC=O.CNc1ccc(C)c(Cl)c1. The van der Waals surface area contributed by atoms with Gasteiger partial charge in [0.2, 0.25) is 0 Å². The van der Waals surface area contributed by atoms with Crippen molar-refractivity contribution in [3.63, 3.8) is 0 Å². The second kappa shape index (κ2) is 6.49. The Balaban J connectivity index is 0.000000424. The summed E-state index contributed by atoms with van der Waals surface area (Å²) in [7, 11) is 1.88. The van der Waals surface area contributed by atoms with E-state index in [1.54, 1.807) is 0 Å². The number of hydrogen-bond acceptors (Lipinski definition) is 2. The molecule has 72 valence electrons. The van der Waals surface area contributed by atoms with Gasteiger partial charge in [-0.25, -0.2) is 0 Å². The van der Waals surface area contributed by atoms with Crippen LogP contribution >= 0.6 is 11.6 Å². The highest BCUT2D eigenvalue weighted by molar-refractivity contribution is 6.31. The molecule has 1 N–H and O–H groups in total. The van der Waals surface area contributed by atoms with Crippen molar-refractivity contribution in [1.29, 1.82) is 0 Å². The molecule has 0 spiro atoms. The molecule has 0 heterocycles. The van der Waals surface area contributed by atoms with Crippen molar-refractivity contribution in [2.75, 3.05) is 12.4 Å². The van der Waals surface area contributed by atoms with Gasteiger partial charge in [0.1, 0.15) is 6.29 Å². The van der Waals surface area contributed by atoms with Crippen LogP contribution < -0.4 is 5.32 Å². The standard InChI is InChI=1S/C8H10ClN.C2H4O/c1-6-3-4-7(10-2)5-8(6)9;1-2-3/h3-5,10H,1-2H3;2H,1H3. The number of aryl methyl sites for hydroxylation is 1. The minimum Gasteiger partial charge on any atom is -0.388 e. The number of rotatable bonds is 1. The van der Waals surface area contributed by atoms with Crippen LogP contribution in [0.4, 0.5) is 5.69 Å². The fourth-order valence-electron chi connectivity index (χ4n) is 0.748. The van der Waals surface area contributed by atoms with Crippen molar-refractivity contribution >= 4 is 23.6 Å². The van der Waals surface area contributed by atoms with Crippen LogP contribution in [0.15, 0.2) is 18.2 Å². The number of benzene rings is 1. The maximum absolute atomic E-state index is 8.81. The molecule has 0 radical (unpaired) electrons. The molecule has 3 heteroatoms. The number of nitrogens with one attached hydrogen (secondary N) is 1. The molecule has 0 aromatic heterocycles. The first-order chi connectivity index (χ1) is 6.15. The van der Waals surface area contributed by atoms with E-state index in [1.807, 2.05) is 32.2 Å². The molecule has 0 amide bonds. The minimum absolute atomic E-state index is 0.750. The highest BCUT2D eigenvalue weighted by Gasteiger charge is 1.93. The summed E-state index contributed by atoms with van der Waals surface area (Å²) < 4.78 is 0. The van der Waals surface area contributed by atoms with Gasteiger partial charge in [0.05, 0.1) is 0 Å². The van der Waals surface area contributed by atoms with E-state index in [2.05, 4.69) is 5.32 Å². The van der Waals surface area contributed by atoms with E-state index in [1.165, 1.54) is 6.92 Å². The Morgan fingerprint density at radius 1 is 1.46 bits per heavy atom. The van der Waals surface area contributed by atoms with Crippen LogP contribution in [0, 0.1) is 6.92 Å². The molecule has 1 aromatic rings. The average Bonchev–Trinajstić information content (AvgIpc) is 2.11. The molecule has 0 aliphatic rings. The zero-order chi connectivity index (χ0) is 10.3. The van der Waals surface area contributed by atoms with Gasteiger partial charge in [-0.2, -0.15) is 0 Å². The molecule has 0 unspecified atom stereocenters. The summed E-state index contributed by atoms with van der Waals surface area (Å²) in [5.74, 6) is 0. The molecule has 0 saturated heterocycles. The van der Waals surface area contributed by atoms with Crippen molar-refractivity contribution in [1.82, 2.24) is 0 Å². The third kappa shape index (κ3) is 4.53. The van der Waals surface area contributed by atoms with E-state index in [4.69, 9.17) is 16.4 Å². The first-order valence-electron chi connectivity index (χ1n) is 3.99. The van der Waals surface area contributed by atoms with Crippen LogP contribution in [-0.4, -0.2) is 13.3 Å². The minimum atomic E-state index is 0.750. The van der Waals surface area contributed by atoms with Gasteiger partial charge in [0, 0.05) is 17.8 Å². The van der Waals surface area contributed by atoms with E-state index < -0.39 is 0 Å². The lowest BCUT2D eigenvalue weighted by atomic mass is 10.2. The summed E-state index contributed by atoms with van der Waals surface area (Å²) in [6.45, 7) is 3.43. The van der Waals surface area contributed by atoms with Gasteiger partial charge in [-0.3, -0.25) is 0 Å². The summed E-state index contributed by atoms with van der Waals surface area (Å²) >= 11 is 5.85. The fraction of sp³-hybridized carbons (Fsp3) is 0.300. The Labute approximate surface area is 83.9 Å². The zero-order valence-electron chi connectivity index (χ0n) is 8.10. The largest absolute Gasteiger partial charge is 0.388 e. The van der Waals surface area contributed by atoms with Crippen LogP contribution in [0.5, 0.6) is 0 Å². The number of hydrogen-bond donors (Lipinski definition) is 1. The maximum atomic E-state index is 8.81. The zero-order valence-corrected chi connectivity index (χ0v) is 8.85. The summed E-state index contributed by atoms with van der Waals surface area (Å²) in [5.41, 5.74) is 2.16. The molecule has 1 aromatic carbocycles. The molecule has 0 aliphatic carbocycles. The van der Waals surface area contributed by atoms with Gasteiger partial charge in [-0.15, -0.1) is 0 Å². The molecular formula is C10H14ClNO. The molecule has 0 aliphatic heterocycles. The van der Waals surface area contributed by atoms with Crippen molar-refractivity contribution in [2.24, 2.45) is 0 Å². The van der Waals surface area contributed by atoms with Crippen LogP contribution in [0.2, 0.25) is 5.02 Å². The Hall–Kier alpha value is -1.02. The van der Waals surface area contributed by atoms with Crippen molar-refractivity contribution in [3.8, 4) is 0 Å². The molecule has 0 saturated carbocycles. The van der Waals surface area contributed by atoms with Crippen LogP contribution in [0.3, 0.4) is 0 Å². The predicted octanol–water partition coefficient (Wildman–Crippen LogP) is 2.90. The second-order valence-corrected chi connectivity index (χ2v) is 2.86. The normalized spacial score (nSPS) is 8.31. The number of carbonyl (C=O) groups excluding carboxylic acids is 1. The predicted molar refractivity (Wildman–Crippen MR) is 57.5 cm³/mol. The van der Waals surface area contributed by atoms with E-state index in [0.717, 1.165) is 22.6 Å². The van der Waals surface area contributed by atoms with E-state index >= 15 is 0 Å². The number of aldehydes is 1. The highest BCUT2D eigenvalue weighted by Crippen LogP contribution is 2.18. The smallest absolute Gasteiger partial charge is 0.116 e. The lowest BCUT2D eigenvalue weighted by Crippen LogP contribution is -1.87. The van der Waals surface area contributed by atoms with Crippen molar-refractivity contribution in [3.05, 3.63) is 28.8 Å². The van der Waals surface area contributed by atoms with Crippen LogP contribution in [0.25, 0.3) is 0 Å². The van der Waals surface area contributed by atoms with Crippen LogP contribution in [-0.2, 0) is 4.79 Å². The van der Waals surface area contributed by atoms with Crippen molar-refractivity contribution in [2.45, 2.75) is 13.8 Å². The third-order valence-electron chi connectivity index (χ3n) is 1.46. The van der Waals surface area contributed by atoms with Gasteiger partial charge in [0.15, 0.2) is 0 Å². The van der Waals surface area contributed by atoms with Gasteiger partial charge in [0.25, 0.3) is 0 Å². The number of anilines is 1. The first kappa shape index (κ1) is 12.0. The van der Waals surface area contributed by atoms with E-state index in [-0.39, 0.29) is 0 Å². The highest BCUT2D eigenvalue weighted by atomic mass is 35.5. The van der Waals surface area contributed by atoms with Gasteiger partial charge < -0.3 is 10.1 Å². The number of halogens is 1. The lowest BCUT2D eigenvalue weighted by Gasteiger charge is -2.01. The Morgan fingerprint density at radius 2 is 2.00 bits per heavy atom. The van der Waals surface area contributed by atoms with Gasteiger partial charge in [-0.1, -0.05) is 17.7 Å². The Bertz CT molecular complexity index is 274. The Morgan fingerprint density at radius 3 is 2.38 bits per heavy atom. The van der Waals surface area contributed by atoms with Gasteiger partial charge >= 0.3 is 0 Å². The van der Waals surface area contributed by atoms with Crippen molar-refractivity contribution < 1.29 is 4.79 Å². The van der Waals surface area contributed by atoms with Gasteiger partial charge in [-0.05, 0) is 31.5 Å². The lowest BCUT2D eigenvalue weighted by molar-refractivity contribution is -0.106. The topological polar surface area (TPSA) is 29.1 Å². The molecule has 13 heavy (non-hydrogen) atoms. The fourth-order valence-corrected chi connectivity index (χ4v) is 0.929. The Kier molecular flexibility index (Phi) is 5.98. The average molecular weight is 200 g/mol. The summed E-state index contributed by atoms with van der Waals surface area (Å²) in [6.07, 6.45) is 0.750. The molecule has 2 nitrogen and oxygen atoms in total. The van der Waals surface area contributed by atoms with E-state index in [9.17, 15) is 0 Å². The summed E-state index contributed by atoms with van der Waals surface area (Å²) in [5, 5.41) is 3.82. The monoisotopic (exact) mass is 199 g/mol. The third-order valence-corrected chi connectivity index (χ3v) is 1.87. The summed E-state index contributed by atoms with van der Waals surface area (Å²) in [4.78, 5) is 8.81. The number of carbonyl (C=O) groups is 1. The second-order valence-electron chi connectivity index (χ2n) is 2.45. The molecule has 1 rings (SSSR count). The van der Waals surface area contributed by atoms with Crippen LogP contribution in [0.1, 0.15) is 12.5 Å². The van der Waals surface area contributed by atoms with E-state index in [0.29, 0.717) is 0 Å². The summed E-state index contributed by atoms with van der Waals surface area (Å²) in [6, 6.07) is 5.91.